The number of hydrogen-bond acceptors (Lipinski definition) is 4. The second-order valence-corrected chi connectivity index (χ2v) is 1.86. The first-order valence-corrected chi connectivity index (χ1v) is 3.36. The predicted molar refractivity (Wildman–Crippen MR) is 40.3 cm³/mol. The van der Waals surface area contributed by atoms with Crippen molar-refractivity contribution in [3.8, 4) is 0 Å². The minimum absolute atomic E-state index is 0.256. The zero-order valence-corrected chi connectivity index (χ0v) is 7.29. The second-order valence-electron chi connectivity index (χ2n) is 1.86. The molecule has 0 fully saturated rings. The first-order chi connectivity index (χ1) is 5.61. The summed E-state index contributed by atoms with van der Waals surface area (Å²) in [6, 6.07) is 0. The van der Waals surface area contributed by atoms with Crippen molar-refractivity contribution >= 4 is 12.2 Å². The number of nitrogens with one attached hydrogen (secondary N) is 1. The van der Waals surface area contributed by atoms with Crippen molar-refractivity contribution < 1.29 is 19.1 Å². The van der Waals surface area contributed by atoms with Gasteiger partial charge in [0.25, 0.3) is 0 Å². The SMILES string of the molecule is CCOC(=O)N(C)NC(=O)OC. The van der Waals surface area contributed by atoms with Crippen LogP contribution in [0.5, 0.6) is 0 Å². The van der Waals surface area contributed by atoms with E-state index in [0.29, 0.717) is 0 Å². The fourth-order valence-corrected chi connectivity index (χ4v) is 0.449. The second kappa shape index (κ2) is 5.22. The van der Waals surface area contributed by atoms with Crippen LogP contribution < -0.4 is 5.43 Å². The zero-order valence-electron chi connectivity index (χ0n) is 7.29. The molecule has 6 heteroatoms. The highest BCUT2D eigenvalue weighted by Crippen LogP contribution is 1.85. The molecule has 70 valence electrons. The summed E-state index contributed by atoms with van der Waals surface area (Å²) < 4.78 is 8.82. The minimum Gasteiger partial charge on any atom is -0.452 e. The first-order valence-electron chi connectivity index (χ1n) is 3.36. The molecule has 0 saturated heterocycles. The molecule has 0 radical (unpaired) electrons. The maximum Gasteiger partial charge on any atom is 0.428 e. The molecule has 2 amide bonds. The summed E-state index contributed by atoms with van der Waals surface area (Å²) in [5.41, 5.74) is 2.11. The number of amides is 2. The highest BCUT2D eigenvalue weighted by atomic mass is 16.6. The van der Waals surface area contributed by atoms with E-state index in [1.807, 2.05) is 0 Å². The molecule has 0 aromatic heterocycles. The van der Waals surface area contributed by atoms with E-state index in [4.69, 9.17) is 0 Å². The van der Waals surface area contributed by atoms with Gasteiger partial charge in [-0.25, -0.2) is 20.0 Å². The minimum atomic E-state index is -0.717. The van der Waals surface area contributed by atoms with Crippen LogP contribution in [0, 0.1) is 0 Å². The van der Waals surface area contributed by atoms with Crippen molar-refractivity contribution in [2.24, 2.45) is 0 Å². The van der Waals surface area contributed by atoms with Gasteiger partial charge in [0.2, 0.25) is 0 Å². The molecule has 0 spiro atoms. The molecule has 0 atom stereocenters. The molecule has 0 unspecified atom stereocenters. The van der Waals surface area contributed by atoms with E-state index >= 15 is 0 Å². The van der Waals surface area contributed by atoms with Crippen LogP contribution in [0.15, 0.2) is 0 Å². The largest absolute Gasteiger partial charge is 0.452 e. The normalized spacial score (nSPS) is 8.58. The Morgan fingerprint density at radius 1 is 1.50 bits per heavy atom. The number of carbonyl (C=O) groups is 2. The van der Waals surface area contributed by atoms with Crippen LogP contribution in [0.1, 0.15) is 6.92 Å². The third-order valence-corrected chi connectivity index (χ3v) is 0.986. The molecule has 0 aliphatic heterocycles. The van der Waals surface area contributed by atoms with E-state index in [2.05, 4.69) is 14.9 Å². The Morgan fingerprint density at radius 3 is 2.50 bits per heavy atom. The Morgan fingerprint density at radius 2 is 2.08 bits per heavy atom. The molecule has 0 rings (SSSR count). The first kappa shape index (κ1) is 10.5. The lowest BCUT2D eigenvalue weighted by Crippen LogP contribution is -2.43. The fraction of sp³-hybridized carbons (Fsp3) is 0.667. The molecule has 0 heterocycles. The number of methoxy groups -OCH3 is 1. The van der Waals surface area contributed by atoms with Gasteiger partial charge in [-0.2, -0.15) is 0 Å². The van der Waals surface area contributed by atoms with E-state index in [9.17, 15) is 9.59 Å². The molecular weight excluding hydrogens is 164 g/mol. The third kappa shape index (κ3) is 3.65. The lowest BCUT2D eigenvalue weighted by Gasteiger charge is -2.15. The number of nitrogens with zero attached hydrogens (tertiary/aromatic N) is 1. The molecule has 0 saturated carbocycles. The molecular formula is C6H12N2O4. The number of rotatable bonds is 1. The fourth-order valence-electron chi connectivity index (χ4n) is 0.449. The summed E-state index contributed by atoms with van der Waals surface area (Å²) in [7, 11) is 2.56. The molecule has 0 bridgehead atoms. The van der Waals surface area contributed by atoms with Crippen LogP contribution in [0.3, 0.4) is 0 Å². The number of ether oxygens (including phenoxy) is 2. The Hall–Kier alpha value is -1.46. The van der Waals surface area contributed by atoms with Crippen molar-refractivity contribution in [1.29, 1.82) is 0 Å². The van der Waals surface area contributed by atoms with Crippen molar-refractivity contribution in [2.75, 3.05) is 20.8 Å². The Labute approximate surface area is 70.4 Å². The Bertz CT molecular complexity index is 171. The molecule has 0 aliphatic carbocycles. The van der Waals surface area contributed by atoms with E-state index < -0.39 is 12.2 Å². The van der Waals surface area contributed by atoms with Gasteiger partial charge in [0, 0.05) is 7.05 Å². The standard InChI is InChI=1S/C6H12N2O4/c1-4-12-6(10)8(2)7-5(9)11-3/h4H2,1-3H3,(H,7,9). The van der Waals surface area contributed by atoms with Gasteiger partial charge in [-0.15, -0.1) is 0 Å². The maximum absolute atomic E-state index is 10.8. The van der Waals surface area contributed by atoms with E-state index in [1.54, 1.807) is 6.92 Å². The van der Waals surface area contributed by atoms with Crippen molar-refractivity contribution in [1.82, 2.24) is 10.4 Å². The van der Waals surface area contributed by atoms with Gasteiger partial charge in [0.15, 0.2) is 0 Å². The average molecular weight is 176 g/mol. The van der Waals surface area contributed by atoms with Crippen molar-refractivity contribution in [3.05, 3.63) is 0 Å². The summed E-state index contributed by atoms with van der Waals surface area (Å²) in [5.74, 6) is 0. The molecule has 0 aromatic rings. The van der Waals surface area contributed by atoms with Crippen LogP contribution >= 0.6 is 0 Å². The Balaban J connectivity index is 3.78. The highest BCUT2D eigenvalue weighted by Gasteiger charge is 2.11. The number of hydrazine groups is 1. The lowest BCUT2D eigenvalue weighted by atomic mass is 10.8. The van der Waals surface area contributed by atoms with Crippen LogP contribution in [0.25, 0.3) is 0 Å². The maximum atomic E-state index is 10.8. The van der Waals surface area contributed by atoms with Gasteiger partial charge in [-0.1, -0.05) is 0 Å². The lowest BCUT2D eigenvalue weighted by molar-refractivity contribution is 0.0896. The number of hydrogen-bond donors (Lipinski definition) is 1. The van der Waals surface area contributed by atoms with Gasteiger partial charge in [-0.05, 0) is 6.92 Å². The summed E-state index contributed by atoms with van der Waals surface area (Å²) in [5, 5.41) is 0.898. The van der Waals surface area contributed by atoms with Crippen molar-refractivity contribution in [2.45, 2.75) is 6.92 Å². The third-order valence-electron chi connectivity index (χ3n) is 0.986. The summed E-state index contributed by atoms with van der Waals surface area (Å²) >= 11 is 0. The van der Waals surface area contributed by atoms with Crippen LogP contribution in [-0.4, -0.2) is 38.0 Å². The van der Waals surface area contributed by atoms with Crippen LogP contribution in [0.4, 0.5) is 9.59 Å². The Kier molecular flexibility index (Phi) is 4.59. The van der Waals surface area contributed by atoms with Gasteiger partial charge >= 0.3 is 12.2 Å². The van der Waals surface area contributed by atoms with E-state index in [1.165, 1.54) is 14.2 Å². The van der Waals surface area contributed by atoms with Gasteiger partial charge in [-0.3, -0.25) is 0 Å². The van der Waals surface area contributed by atoms with Gasteiger partial charge < -0.3 is 9.47 Å². The van der Waals surface area contributed by atoms with Gasteiger partial charge in [0.1, 0.15) is 0 Å². The zero-order chi connectivity index (χ0) is 9.56. The smallest absolute Gasteiger partial charge is 0.428 e. The van der Waals surface area contributed by atoms with E-state index in [0.717, 1.165) is 5.01 Å². The van der Waals surface area contributed by atoms with E-state index in [-0.39, 0.29) is 6.61 Å². The summed E-state index contributed by atoms with van der Waals surface area (Å²) in [6.07, 6.45) is -1.35. The molecule has 0 aliphatic rings. The predicted octanol–water partition coefficient (Wildman–Crippen LogP) is 0.346. The topological polar surface area (TPSA) is 67.9 Å². The van der Waals surface area contributed by atoms with Crippen LogP contribution in [-0.2, 0) is 9.47 Å². The average Bonchev–Trinajstić information content (AvgIpc) is 2.04. The monoisotopic (exact) mass is 176 g/mol. The molecule has 6 nitrogen and oxygen atoms in total. The summed E-state index contributed by atoms with van der Waals surface area (Å²) in [4.78, 5) is 21.4. The molecule has 0 aromatic carbocycles. The van der Waals surface area contributed by atoms with Crippen molar-refractivity contribution in [3.63, 3.8) is 0 Å². The molecule has 12 heavy (non-hydrogen) atoms. The highest BCUT2D eigenvalue weighted by molar-refractivity contribution is 5.73. The molecule has 1 N–H and O–H groups in total. The van der Waals surface area contributed by atoms with Gasteiger partial charge in [0.05, 0.1) is 13.7 Å². The summed E-state index contributed by atoms with van der Waals surface area (Å²) in [6.45, 7) is 1.93. The number of carbonyl (C=O) groups excluding carboxylic acids is 2. The van der Waals surface area contributed by atoms with Crippen LogP contribution in [0.2, 0.25) is 0 Å². The quantitative estimate of drug-likeness (QED) is 0.585.